The van der Waals surface area contributed by atoms with E-state index in [1.54, 1.807) is 0 Å². The molecule has 0 aliphatic heterocycles. The van der Waals surface area contributed by atoms with Crippen molar-refractivity contribution in [1.29, 1.82) is 0 Å². The summed E-state index contributed by atoms with van der Waals surface area (Å²) in [5.74, 6) is -0.271. The summed E-state index contributed by atoms with van der Waals surface area (Å²) in [7, 11) is 0. The molecule has 0 saturated carbocycles. The van der Waals surface area contributed by atoms with Crippen LogP contribution in [0.25, 0.3) is 0 Å². The zero-order chi connectivity index (χ0) is 13.1. The standard InChI is InChI=1S/C11H13F3N2O.CH4/c1-7(17)16-6-10(15)8-3-2-4-9(5-8)11(12,13)14;/h2-5,10H,6,15H2,1H3,(H,16,17);1H4. The predicted octanol–water partition coefficient (Wildman–Crippen LogP) is 2.48. The predicted molar refractivity (Wildman–Crippen MR) is 63.8 cm³/mol. The quantitative estimate of drug-likeness (QED) is 0.879. The number of hydrogen-bond donors (Lipinski definition) is 2. The van der Waals surface area contributed by atoms with Gasteiger partial charge in [-0.25, -0.2) is 0 Å². The highest BCUT2D eigenvalue weighted by Gasteiger charge is 2.30. The average Bonchev–Trinajstić information content (AvgIpc) is 2.25. The molecular formula is C12H17F3N2O. The Labute approximate surface area is 104 Å². The number of nitrogens with two attached hydrogens (primary N) is 1. The molecule has 0 saturated heterocycles. The fraction of sp³-hybridized carbons (Fsp3) is 0.417. The zero-order valence-electron chi connectivity index (χ0n) is 9.21. The smallest absolute Gasteiger partial charge is 0.354 e. The molecule has 6 heteroatoms. The van der Waals surface area contributed by atoms with Gasteiger partial charge >= 0.3 is 6.18 Å². The molecule has 1 atom stereocenters. The number of amides is 1. The molecule has 0 aliphatic rings. The maximum Gasteiger partial charge on any atom is 0.416 e. The maximum atomic E-state index is 12.4. The first-order chi connectivity index (χ1) is 7.80. The summed E-state index contributed by atoms with van der Waals surface area (Å²) in [6.45, 7) is 1.43. The second-order valence-corrected chi connectivity index (χ2v) is 3.67. The molecule has 0 bridgehead atoms. The molecule has 3 N–H and O–H groups in total. The normalized spacial score (nSPS) is 12.5. The minimum Gasteiger partial charge on any atom is -0.354 e. The lowest BCUT2D eigenvalue weighted by Crippen LogP contribution is -2.30. The highest BCUT2D eigenvalue weighted by atomic mass is 19.4. The van der Waals surface area contributed by atoms with Gasteiger partial charge in [-0.15, -0.1) is 0 Å². The number of halogens is 3. The van der Waals surface area contributed by atoms with Crippen molar-refractivity contribution in [3.8, 4) is 0 Å². The number of nitrogens with one attached hydrogen (secondary N) is 1. The van der Waals surface area contributed by atoms with E-state index in [0.717, 1.165) is 12.1 Å². The van der Waals surface area contributed by atoms with E-state index in [1.165, 1.54) is 19.1 Å². The Kier molecular flexibility index (Phi) is 5.84. The molecule has 1 amide bonds. The summed E-state index contributed by atoms with van der Waals surface area (Å²) in [6.07, 6.45) is -4.39. The highest BCUT2D eigenvalue weighted by Crippen LogP contribution is 2.30. The van der Waals surface area contributed by atoms with Crippen LogP contribution in [0, 0.1) is 0 Å². The highest BCUT2D eigenvalue weighted by molar-refractivity contribution is 5.72. The molecule has 0 aromatic heterocycles. The Morgan fingerprint density at radius 2 is 2.06 bits per heavy atom. The third kappa shape index (κ3) is 4.75. The Balaban J connectivity index is 0.00000289. The largest absolute Gasteiger partial charge is 0.416 e. The van der Waals surface area contributed by atoms with Gasteiger partial charge in [-0.1, -0.05) is 19.6 Å². The molecule has 102 valence electrons. The van der Waals surface area contributed by atoms with E-state index >= 15 is 0 Å². The van der Waals surface area contributed by atoms with Gasteiger partial charge in [-0.3, -0.25) is 4.79 Å². The van der Waals surface area contributed by atoms with E-state index < -0.39 is 17.8 Å². The number of benzene rings is 1. The fourth-order valence-electron chi connectivity index (χ4n) is 1.32. The van der Waals surface area contributed by atoms with E-state index in [0.29, 0.717) is 5.56 Å². The third-order valence-corrected chi connectivity index (χ3v) is 2.21. The molecule has 0 spiro atoms. The number of hydrogen-bond acceptors (Lipinski definition) is 2. The Morgan fingerprint density at radius 3 is 2.56 bits per heavy atom. The SMILES string of the molecule is C.CC(=O)NCC(N)c1cccc(C(F)(F)F)c1. The summed E-state index contributed by atoms with van der Waals surface area (Å²) < 4.78 is 37.3. The average molecular weight is 262 g/mol. The van der Waals surface area contributed by atoms with Gasteiger partial charge in [0.05, 0.1) is 5.56 Å². The molecule has 1 aromatic carbocycles. The molecule has 0 heterocycles. The van der Waals surface area contributed by atoms with E-state index in [4.69, 9.17) is 5.73 Å². The van der Waals surface area contributed by atoms with Crippen LogP contribution >= 0.6 is 0 Å². The summed E-state index contributed by atoms with van der Waals surface area (Å²) in [4.78, 5) is 10.7. The number of carbonyl (C=O) groups excluding carboxylic acids is 1. The van der Waals surface area contributed by atoms with Crippen molar-refractivity contribution < 1.29 is 18.0 Å². The minimum absolute atomic E-state index is 0. The first-order valence-corrected chi connectivity index (χ1v) is 4.98. The second-order valence-electron chi connectivity index (χ2n) is 3.67. The molecule has 0 aliphatic carbocycles. The molecular weight excluding hydrogens is 245 g/mol. The van der Waals surface area contributed by atoms with Crippen LogP contribution in [0.4, 0.5) is 13.2 Å². The van der Waals surface area contributed by atoms with E-state index in [1.807, 2.05) is 0 Å². The third-order valence-electron chi connectivity index (χ3n) is 2.21. The van der Waals surface area contributed by atoms with Crippen molar-refractivity contribution >= 4 is 5.91 Å². The molecule has 1 rings (SSSR count). The van der Waals surface area contributed by atoms with Crippen LogP contribution in [0.1, 0.15) is 31.5 Å². The first-order valence-electron chi connectivity index (χ1n) is 4.98. The van der Waals surface area contributed by atoms with Crippen molar-refractivity contribution in [2.45, 2.75) is 26.6 Å². The summed E-state index contributed by atoms with van der Waals surface area (Å²) >= 11 is 0. The lowest BCUT2D eigenvalue weighted by Gasteiger charge is -2.14. The van der Waals surface area contributed by atoms with E-state index in [-0.39, 0.29) is 19.9 Å². The Hall–Kier alpha value is -1.56. The van der Waals surface area contributed by atoms with Gasteiger partial charge in [0.25, 0.3) is 0 Å². The molecule has 1 aromatic rings. The Bertz CT molecular complexity index is 405. The Morgan fingerprint density at radius 1 is 1.44 bits per heavy atom. The lowest BCUT2D eigenvalue weighted by molar-refractivity contribution is -0.137. The molecule has 0 radical (unpaired) electrons. The van der Waals surface area contributed by atoms with Crippen LogP contribution in [-0.4, -0.2) is 12.5 Å². The van der Waals surface area contributed by atoms with Crippen LogP contribution in [0.2, 0.25) is 0 Å². The van der Waals surface area contributed by atoms with E-state index in [9.17, 15) is 18.0 Å². The van der Waals surface area contributed by atoms with Crippen molar-refractivity contribution in [3.05, 3.63) is 35.4 Å². The molecule has 3 nitrogen and oxygen atoms in total. The minimum atomic E-state index is -4.39. The van der Waals surface area contributed by atoms with Gasteiger partial charge in [0, 0.05) is 19.5 Å². The topological polar surface area (TPSA) is 55.1 Å². The summed E-state index contributed by atoms with van der Waals surface area (Å²) in [5, 5.41) is 2.46. The number of rotatable bonds is 3. The van der Waals surface area contributed by atoms with Crippen LogP contribution in [0.3, 0.4) is 0 Å². The monoisotopic (exact) mass is 262 g/mol. The van der Waals surface area contributed by atoms with Crippen molar-refractivity contribution in [2.75, 3.05) is 6.54 Å². The van der Waals surface area contributed by atoms with Gasteiger partial charge in [0.1, 0.15) is 0 Å². The first kappa shape index (κ1) is 16.4. The zero-order valence-corrected chi connectivity index (χ0v) is 9.21. The van der Waals surface area contributed by atoms with Crippen LogP contribution in [0.15, 0.2) is 24.3 Å². The molecule has 18 heavy (non-hydrogen) atoms. The number of carbonyl (C=O) groups is 1. The van der Waals surface area contributed by atoms with Crippen molar-refractivity contribution in [1.82, 2.24) is 5.32 Å². The van der Waals surface area contributed by atoms with Crippen LogP contribution < -0.4 is 11.1 Å². The van der Waals surface area contributed by atoms with Gasteiger partial charge in [-0.05, 0) is 17.7 Å². The van der Waals surface area contributed by atoms with Crippen LogP contribution in [0.5, 0.6) is 0 Å². The van der Waals surface area contributed by atoms with Gasteiger partial charge in [0.2, 0.25) is 5.91 Å². The van der Waals surface area contributed by atoms with Crippen LogP contribution in [-0.2, 0) is 11.0 Å². The van der Waals surface area contributed by atoms with E-state index in [2.05, 4.69) is 5.32 Å². The summed E-state index contributed by atoms with van der Waals surface area (Å²) in [5.41, 5.74) is 5.27. The summed E-state index contributed by atoms with van der Waals surface area (Å²) in [6, 6.07) is 4.12. The molecule has 0 fully saturated rings. The second kappa shape index (κ2) is 6.39. The van der Waals surface area contributed by atoms with Gasteiger partial charge in [-0.2, -0.15) is 13.2 Å². The maximum absolute atomic E-state index is 12.4. The van der Waals surface area contributed by atoms with Crippen molar-refractivity contribution in [3.63, 3.8) is 0 Å². The fourth-order valence-corrected chi connectivity index (χ4v) is 1.32. The molecule has 1 unspecified atom stereocenters. The number of alkyl halides is 3. The van der Waals surface area contributed by atoms with Crippen molar-refractivity contribution in [2.24, 2.45) is 5.73 Å². The van der Waals surface area contributed by atoms with Gasteiger partial charge in [0.15, 0.2) is 0 Å². The van der Waals surface area contributed by atoms with Gasteiger partial charge < -0.3 is 11.1 Å². The lowest BCUT2D eigenvalue weighted by atomic mass is 10.0.